The fraction of sp³-hybridized carbons (Fsp3) is 0.429. The molecule has 8 heteroatoms. The minimum Gasteiger partial charge on any atom is -0.354 e. The number of anilines is 1. The van der Waals surface area contributed by atoms with Crippen LogP contribution in [0.1, 0.15) is 64.4 Å². The summed E-state index contributed by atoms with van der Waals surface area (Å²) < 4.78 is 27.2. The van der Waals surface area contributed by atoms with E-state index < -0.39 is 10.0 Å². The molecule has 2 aromatic rings. The number of fused-ring (bicyclic) bond motifs is 1. The third-order valence-electron chi connectivity index (χ3n) is 5.43. The average molecular weight is 418 g/mol. The minimum atomic E-state index is -3.64. The van der Waals surface area contributed by atoms with Crippen LogP contribution >= 0.6 is 0 Å². The average Bonchev–Trinajstić information content (AvgIpc) is 3.02. The Morgan fingerprint density at radius 3 is 2.48 bits per heavy atom. The molecule has 2 N–H and O–H groups in total. The molecule has 1 aromatic heterocycles. The summed E-state index contributed by atoms with van der Waals surface area (Å²) in [6, 6.07) is 4.85. The maximum absolute atomic E-state index is 12.9. The van der Waals surface area contributed by atoms with Gasteiger partial charge in [-0.3, -0.25) is 9.59 Å². The normalized spacial score (nSPS) is 14.2. The highest BCUT2D eigenvalue weighted by atomic mass is 32.2. The molecule has 3 rings (SSSR count). The van der Waals surface area contributed by atoms with Gasteiger partial charge in [0.1, 0.15) is 5.69 Å². The maximum atomic E-state index is 12.9. The van der Waals surface area contributed by atoms with Crippen LogP contribution in [0.2, 0.25) is 0 Å². The van der Waals surface area contributed by atoms with E-state index in [2.05, 4.69) is 10.3 Å². The summed E-state index contributed by atoms with van der Waals surface area (Å²) in [5.74, 6) is -0.332. The molecule has 0 atom stereocenters. The van der Waals surface area contributed by atoms with Gasteiger partial charge in [-0.1, -0.05) is 19.9 Å². The molecule has 1 aromatic carbocycles. The molecule has 29 heavy (non-hydrogen) atoms. The van der Waals surface area contributed by atoms with Crippen molar-refractivity contribution in [3.63, 3.8) is 0 Å². The fourth-order valence-electron chi connectivity index (χ4n) is 3.85. The molecule has 1 heterocycles. The molecule has 0 aliphatic heterocycles. The smallest absolute Gasteiger partial charge is 0.272 e. The highest BCUT2D eigenvalue weighted by molar-refractivity contribution is 7.89. The van der Waals surface area contributed by atoms with Gasteiger partial charge in [-0.15, -0.1) is 0 Å². The van der Waals surface area contributed by atoms with E-state index in [0.717, 1.165) is 18.5 Å². The van der Waals surface area contributed by atoms with Crippen molar-refractivity contribution in [2.45, 2.75) is 51.9 Å². The van der Waals surface area contributed by atoms with E-state index in [1.165, 1.54) is 10.4 Å². The summed E-state index contributed by atoms with van der Waals surface area (Å²) in [4.78, 5) is 28.3. The summed E-state index contributed by atoms with van der Waals surface area (Å²) >= 11 is 0. The predicted molar refractivity (Wildman–Crippen MR) is 112 cm³/mol. The first-order chi connectivity index (χ1) is 13.7. The zero-order valence-electron chi connectivity index (χ0n) is 17.3. The third kappa shape index (κ3) is 3.86. The van der Waals surface area contributed by atoms with Crippen molar-refractivity contribution in [1.82, 2.24) is 9.29 Å². The van der Waals surface area contributed by atoms with Gasteiger partial charge in [0, 0.05) is 36.5 Å². The maximum Gasteiger partial charge on any atom is 0.272 e. The van der Waals surface area contributed by atoms with Crippen molar-refractivity contribution in [3.8, 4) is 0 Å². The summed E-state index contributed by atoms with van der Waals surface area (Å²) in [5, 5.41) is 2.77. The first kappa shape index (κ1) is 21.3. The number of aromatic amines is 1. The number of benzene rings is 1. The van der Waals surface area contributed by atoms with Crippen LogP contribution in [0.4, 0.5) is 5.69 Å². The van der Waals surface area contributed by atoms with Crippen LogP contribution in [0, 0.1) is 13.8 Å². The number of ketones is 1. The molecule has 0 fully saturated rings. The summed E-state index contributed by atoms with van der Waals surface area (Å²) in [5.41, 5.74) is 3.42. The SMILES string of the molecule is CCN(CC)S(=O)(=O)c1cc(NC(=O)c2[nH]c3c(c2C)C(=O)CCC3)ccc1C. The van der Waals surface area contributed by atoms with Crippen molar-refractivity contribution >= 4 is 27.4 Å². The Bertz CT molecular complexity index is 1070. The van der Waals surface area contributed by atoms with Gasteiger partial charge in [0.15, 0.2) is 5.78 Å². The van der Waals surface area contributed by atoms with E-state index in [-0.39, 0.29) is 16.6 Å². The van der Waals surface area contributed by atoms with E-state index in [1.807, 2.05) is 0 Å². The van der Waals surface area contributed by atoms with E-state index in [9.17, 15) is 18.0 Å². The Labute approximate surface area is 171 Å². The molecule has 0 saturated carbocycles. The quantitative estimate of drug-likeness (QED) is 0.752. The minimum absolute atomic E-state index is 0.0574. The van der Waals surface area contributed by atoms with Crippen LogP contribution in [0.15, 0.2) is 23.1 Å². The zero-order valence-corrected chi connectivity index (χ0v) is 18.1. The van der Waals surface area contributed by atoms with E-state index in [0.29, 0.717) is 47.6 Å². The summed E-state index contributed by atoms with van der Waals surface area (Å²) in [6.07, 6.45) is 2.01. The molecule has 156 valence electrons. The number of nitrogens with one attached hydrogen (secondary N) is 2. The highest BCUT2D eigenvalue weighted by Gasteiger charge is 2.27. The monoisotopic (exact) mass is 417 g/mol. The number of aryl methyl sites for hydroxylation is 2. The van der Waals surface area contributed by atoms with Gasteiger partial charge in [-0.2, -0.15) is 4.31 Å². The predicted octanol–water partition coefficient (Wildman–Crippen LogP) is 3.43. The molecule has 0 unspecified atom stereocenters. The molecule has 1 amide bonds. The fourth-order valence-corrected chi connectivity index (χ4v) is 5.56. The van der Waals surface area contributed by atoms with Crippen LogP contribution < -0.4 is 5.32 Å². The largest absolute Gasteiger partial charge is 0.354 e. The molecule has 0 spiro atoms. The number of hydrogen-bond acceptors (Lipinski definition) is 4. The number of carbonyl (C=O) groups excluding carboxylic acids is 2. The lowest BCUT2D eigenvalue weighted by Gasteiger charge is -2.20. The number of rotatable bonds is 6. The molecule has 0 bridgehead atoms. The lowest BCUT2D eigenvalue weighted by atomic mass is 9.94. The second-order valence-corrected chi connectivity index (χ2v) is 9.19. The second kappa shape index (κ2) is 8.12. The standard InChI is InChI=1S/C21H27N3O4S/c1-5-24(6-2)29(27,28)18-12-15(11-10-13(18)3)22-21(26)20-14(4)19-16(23-20)8-7-9-17(19)25/h10-12,23H,5-9H2,1-4H3,(H,22,26). The first-order valence-corrected chi connectivity index (χ1v) is 11.3. The number of nitrogens with zero attached hydrogens (tertiary/aromatic N) is 1. The van der Waals surface area contributed by atoms with Gasteiger partial charge in [0.2, 0.25) is 10.0 Å². The topological polar surface area (TPSA) is 99.3 Å². The number of amides is 1. The van der Waals surface area contributed by atoms with Crippen LogP contribution in [-0.2, 0) is 16.4 Å². The first-order valence-electron chi connectivity index (χ1n) is 9.87. The third-order valence-corrected chi connectivity index (χ3v) is 7.63. The van der Waals surface area contributed by atoms with Gasteiger partial charge in [0.05, 0.1) is 4.90 Å². The van der Waals surface area contributed by atoms with E-state index in [4.69, 9.17) is 0 Å². The van der Waals surface area contributed by atoms with E-state index >= 15 is 0 Å². The number of aromatic nitrogens is 1. The molecule has 1 aliphatic carbocycles. The Morgan fingerprint density at radius 1 is 1.17 bits per heavy atom. The van der Waals surface area contributed by atoms with E-state index in [1.54, 1.807) is 39.8 Å². The molecule has 0 radical (unpaired) electrons. The molecule has 0 saturated heterocycles. The van der Waals surface area contributed by atoms with Crippen molar-refractivity contribution in [3.05, 3.63) is 46.3 Å². The Balaban J connectivity index is 1.92. The number of carbonyl (C=O) groups is 2. The van der Waals surface area contributed by atoms with Gasteiger partial charge < -0.3 is 10.3 Å². The van der Waals surface area contributed by atoms with Gasteiger partial charge in [0.25, 0.3) is 5.91 Å². The Kier molecular flexibility index (Phi) is 5.95. The highest BCUT2D eigenvalue weighted by Crippen LogP contribution is 2.28. The van der Waals surface area contributed by atoms with Gasteiger partial charge in [-0.25, -0.2) is 8.42 Å². The lowest BCUT2D eigenvalue weighted by molar-refractivity contribution is 0.0971. The lowest BCUT2D eigenvalue weighted by Crippen LogP contribution is -2.31. The van der Waals surface area contributed by atoms with Crippen molar-refractivity contribution in [2.24, 2.45) is 0 Å². The van der Waals surface area contributed by atoms with Crippen LogP contribution in [0.25, 0.3) is 0 Å². The number of hydrogen-bond donors (Lipinski definition) is 2. The van der Waals surface area contributed by atoms with Crippen molar-refractivity contribution < 1.29 is 18.0 Å². The van der Waals surface area contributed by atoms with Gasteiger partial charge >= 0.3 is 0 Å². The molecular weight excluding hydrogens is 390 g/mol. The second-order valence-electron chi connectivity index (χ2n) is 7.28. The molecule has 1 aliphatic rings. The van der Waals surface area contributed by atoms with Gasteiger partial charge in [-0.05, 0) is 49.9 Å². The number of Topliss-reactive ketones (excluding diaryl/α,β-unsaturated/α-hetero) is 1. The summed E-state index contributed by atoms with van der Waals surface area (Å²) in [6.45, 7) is 7.82. The molecule has 7 nitrogen and oxygen atoms in total. The van der Waals surface area contributed by atoms with Crippen molar-refractivity contribution in [1.29, 1.82) is 0 Å². The molecular formula is C21H27N3O4S. The number of sulfonamides is 1. The van der Waals surface area contributed by atoms with Crippen LogP contribution in [0.5, 0.6) is 0 Å². The Morgan fingerprint density at radius 2 is 1.86 bits per heavy atom. The zero-order chi connectivity index (χ0) is 21.3. The Hall–Kier alpha value is -2.45. The van der Waals surface area contributed by atoms with Crippen molar-refractivity contribution in [2.75, 3.05) is 18.4 Å². The summed E-state index contributed by atoms with van der Waals surface area (Å²) in [7, 11) is -3.64. The van der Waals surface area contributed by atoms with Crippen LogP contribution in [0.3, 0.4) is 0 Å². The van der Waals surface area contributed by atoms with Crippen LogP contribution in [-0.4, -0.2) is 42.5 Å². The number of H-pyrrole nitrogens is 1.